The van der Waals surface area contributed by atoms with E-state index in [0.717, 1.165) is 18.2 Å². The van der Waals surface area contributed by atoms with E-state index in [2.05, 4.69) is 5.32 Å². The molecule has 0 aromatic heterocycles. The van der Waals surface area contributed by atoms with Crippen LogP contribution in [0.25, 0.3) is 0 Å². The molecule has 0 heterocycles. The highest BCUT2D eigenvalue weighted by Crippen LogP contribution is 2.25. The maximum atomic E-state index is 13.4. The number of nitriles is 1. The predicted molar refractivity (Wildman–Crippen MR) is 82.2 cm³/mol. The lowest BCUT2D eigenvalue weighted by Crippen LogP contribution is -2.43. The number of nitrogens with one attached hydrogen (secondary N) is 1. The van der Waals surface area contributed by atoms with Gasteiger partial charge in [0.05, 0.1) is 19.3 Å². The maximum Gasteiger partial charge on any atom is 0.238 e. The number of rotatable bonds is 6. The molecule has 0 fully saturated rings. The van der Waals surface area contributed by atoms with Gasteiger partial charge in [0.15, 0.2) is 0 Å². The summed E-state index contributed by atoms with van der Waals surface area (Å²) in [4.78, 5) is 12.1. The molecule has 0 saturated heterocycles. The molecule has 6 heteroatoms. The number of carbonyl (C=O) groups is 1. The fraction of sp³-hybridized carbons (Fsp3) is 0.529. The molecule has 1 aromatic carbocycles. The van der Waals surface area contributed by atoms with Crippen LogP contribution in [0.3, 0.4) is 0 Å². The van der Waals surface area contributed by atoms with Crippen molar-refractivity contribution in [3.8, 4) is 6.07 Å². The van der Waals surface area contributed by atoms with Gasteiger partial charge < -0.3 is 10.1 Å². The Morgan fingerprint density at radius 1 is 1.39 bits per heavy atom. The summed E-state index contributed by atoms with van der Waals surface area (Å²) in [5.41, 5.74) is -0.350. The molecule has 0 unspecified atom stereocenters. The van der Waals surface area contributed by atoms with Crippen LogP contribution in [0.15, 0.2) is 18.2 Å². The van der Waals surface area contributed by atoms with E-state index in [0.29, 0.717) is 0 Å². The van der Waals surface area contributed by atoms with Crippen LogP contribution < -0.4 is 5.32 Å². The summed E-state index contributed by atoms with van der Waals surface area (Å²) in [5.74, 6) is -2.22. The van der Waals surface area contributed by atoms with Crippen molar-refractivity contribution in [3.63, 3.8) is 0 Å². The minimum absolute atomic E-state index is 0.0925. The third-order valence-electron chi connectivity index (χ3n) is 3.28. The van der Waals surface area contributed by atoms with Crippen LogP contribution >= 0.6 is 0 Å². The Balaban J connectivity index is 2.48. The summed E-state index contributed by atoms with van der Waals surface area (Å²) < 4.78 is 31.8. The quantitative estimate of drug-likeness (QED) is 0.874. The van der Waals surface area contributed by atoms with Gasteiger partial charge in [-0.2, -0.15) is 5.26 Å². The molecule has 1 amide bonds. The van der Waals surface area contributed by atoms with Crippen molar-refractivity contribution in [1.82, 2.24) is 5.32 Å². The number of ether oxygens (including phenoxy) is 1. The second-order valence-electron chi connectivity index (χ2n) is 6.59. The molecule has 2 atom stereocenters. The highest BCUT2D eigenvalue weighted by molar-refractivity contribution is 5.82. The van der Waals surface area contributed by atoms with Gasteiger partial charge in [0.25, 0.3) is 0 Å². The lowest BCUT2D eigenvalue weighted by atomic mass is 9.81. The molecule has 4 nitrogen and oxygen atoms in total. The Bertz CT molecular complexity index is 591. The van der Waals surface area contributed by atoms with E-state index in [9.17, 15) is 13.6 Å². The standard InChI is InChI=1S/C17H22F2N2O2/c1-11(21-16(22)14(8-20)17(2,3)4)9-23-10-12-7-13(18)5-6-15(12)19/h5-7,11,14H,9-10H2,1-4H3,(H,21,22)/t11-,14+/m0/s1. The smallest absolute Gasteiger partial charge is 0.238 e. The Hall–Kier alpha value is -2.00. The van der Waals surface area contributed by atoms with Crippen LogP contribution in [0.2, 0.25) is 0 Å². The highest BCUT2D eigenvalue weighted by Gasteiger charge is 2.31. The molecule has 0 saturated carbocycles. The largest absolute Gasteiger partial charge is 0.375 e. The first-order chi connectivity index (χ1) is 10.6. The normalized spacial score (nSPS) is 14.0. The molecule has 0 radical (unpaired) electrons. The zero-order valence-corrected chi connectivity index (χ0v) is 13.8. The van der Waals surface area contributed by atoms with E-state index in [4.69, 9.17) is 10.00 Å². The Labute approximate surface area is 135 Å². The number of benzene rings is 1. The van der Waals surface area contributed by atoms with Gasteiger partial charge in [-0.25, -0.2) is 8.78 Å². The first kappa shape index (κ1) is 19.0. The lowest BCUT2D eigenvalue weighted by molar-refractivity contribution is -0.127. The van der Waals surface area contributed by atoms with E-state index in [-0.39, 0.29) is 30.7 Å². The number of hydrogen-bond acceptors (Lipinski definition) is 3. The minimum atomic E-state index is -0.773. The molecule has 1 N–H and O–H groups in total. The fourth-order valence-corrected chi connectivity index (χ4v) is 2.01. The van der Waals surface area contributed by atoms with Gasteiger partial charge in [0.2, 0.25) is 5.91 Å². The summed E-state index contributed by atoms with van der Waals surface area (Å²) >= 11 is 0. The van der Waals surface area contributed by atoms with Crippen molar-refractivity contribution in [2.45, 2.75) is 40.3 Å². The Morgan fingerprint density at radius 3 is 2.61 bits per heavy atom. The summed E-state index contributed by atoms with van der Waals surface area (Å²) in [6, 6.07) is 4.80. The zero-order chi connectivity index (χ0) is 17.6. The maximum absolute atomic E-state index is 13.4. The van der Waals surface area contributed by atoms with Crippen LogP contribution in [0.5, 0.6) is 0 Å². The van der Waals surface area contributed by atoms with Crippen molar-refractivity contribution in [2.24, 2.45) is 11.3 Å². The summed E-state index contributed by atoms with van der Waals surface area (Å²) in [7, 11) is 0. The summed E-state index contributed by atoms with van der Waals surface area (Å²) in [5, 5.41) is 11.8. The molecule has 23 heavy (non-hydrogen) atoms. The average Bonchev–Trinajstić information content (AvgIpc) is 2.41. The van der Waals surface area contributed by atoms with Crippen LogP contribution in [-0.4, -0.2) is 18.6 Å². The van der Waals surface area contributed by atoms with Gasteiger partial charge in [-0.05, 0) is 30.5 Å². The van der Waals surface area contributed by atoms with Crippen molar-refractivity contribution < 1.29 is 18.3 Å². The van der Waals surface area contributed by atoms with E-state index < -0.39 is 23.0 Å². The lowest BCUT2D eigenvalue weighted by Gasteiger charge is -2.25. The first-order valence-corrected chi connectivity index (χ1v) is 7.36. The molecule has 1 aromatic rings. The summed E-state index contributed by atoms with van der Waals surface area (Å²) in [6.07, 6.45) is 0. The van der Waals surface area contributed by atoms with E-state index in [1.807, 2.05) is 26.8 Å². The molecule has 0 spiro atoms. The second-order valence-corrected chi connectivity index (χ2v) is 6.59. The average molecular weight is 324 g/mol. The molecule has 126 valence electrons. The highest BCUT2D eigenvalue weighted by atomic mass is 19.1. The molecule has 0 bridgehead atoms. The number of halogens is 2. The SMILES string of the molecule is C[C@@H](COCc1cc(F)ccc1F)NC(=O)[C@@H](C#N)C(C)(C)C. The number of carbonyl (C=O) groups excluding carboxylic acids is 1. The zero-order valence-electron chi connectivity index (χ0n) is 13.8. The van der Waals surface area contributed by atoms with Crippen molar-refractivity contribution in [1.29, 1.82) is 5.26 Å². The van der Waals surface area contributed by atoms with Crippen LogP contribution in [0, 0.1) is 34.3 Å². The van der Waals surface area contributed by atoms with Gasteiger partial charge in [-0.1, -0.05) is 20.8 Å². The van der Waals surface area contributed by atoms with Crippen molar-refractivity contribution >= 4 is 5.91 Å². The van der Waals surface area contributed by atoms with Gasteiger partial charge in [-0.3, -0.25) is 4.79 Å². The van der Waals surface area contributed by atoms with Crippen LogP contribution in [-0.2, 0) is 16.1 Å². The Morgan fingerprint density at radius 2 is 2.04 bits per heavy atom. The Kier molecular flexibility index (Phi) is 6.64. The predicted octanol–water partition coefficient (Wildman–Crippen LogP) is 3.17. The van der Waals surface area contributed by atoms with E-state index >= 15 is 0 Å². The second kappa shape index (κ2) is 8.02. The third-order valence-corrected chi connectivity index (χ3v) is 3.28. The molecule has 0 aliphatic heterocycles. The molecule has 0 aliphatic carbocycles. The minimum Gasteiger partial charge on any atom is -0.375 e. The first-order valence-electron chi connectivity index (χ1n) is 7.36. The third kappa shape index (κ3) is 5.95. The molecule has 1 rings (SSSR count). The number of amides is 1. The number of nitrogens with zero attached hydrogens (tertiary/aromatic N) is 1. The molecule has 0 aliphatic rings. The molecular formula is C17H22F2N2O2. The van der Waals surface area contributed by atoms with Crippen LogP contribution in [0.4, 0.5) is 8.78 Å². The van der Waals surface area contributed by atoms with Gasteiger partial charge in [-0.15, -0.1) is 0 Å². The van der Waals surface area contributed by atoms with Crippen LogP contribution in [0.1, 0.15) is 33.3 Å². The molecular weight excluding hydrogens is 302 g/mol. The van der Waals surface area contributed by atoms with E-state index in [1.54, 1.807) is 6.92 Å². The van der Waals surface area contributed by atoms with Crippen molar-refractivity contribution in [2.75, 3.05) is 6.61 Å². The van der Waals surface area contributed by atoms with Gasteiger partial charge in [0.1, 0.15) is 17.6 Å². The fourth-order valence-electron chi connectivity index (χ4n) is 2.01. The number of hydrogen-bond donors (Lipinski definition) is 1. The summed E-state index contributed by atoms with van der Waals surface area (Å²) in [6.45, 7) is 7.20. The monoisotopic (exact) mass is 324 g/mol. The van der Waals surface area contributed by atoms with Gasteiger partial charge in [0, 0.05) is 11.6 Å². The topological polar surface area (TPSA) is 62.1 Å². The van der Waals surface area contributed by atoms with Crippen molar-refractivity contribution in [3.05, 3.63) is 35.4 Å². The van der Waals surface area contributed by atoms with E-state index in [1.165, 1.54) is 0 Å². The van der Waals surface area contributed by atoms with Gasteiger partial charge >= 0.3 is 0 Å².